The van der Waals surface area contributed by atoms with Gasteiger partial charge in [-0.05, 0) is 53.4 Å². The molecule has 0 amide bonds. The van der Waals surface area contributed by atoms with E-state index in [9.17, 15) is 0 Å². The summed E-state index contributed by atoms with van der Waals surface area (Å²) >= 11 is 3.46. The summed E-state index contributed by atoms with van der Waals surface area (Å²) in [5, 5.41) is 0. The molecular weight excluding hydrogens is 242 g/mol. The fourth-order valence-electron chi connectivity index (χ4n) is 1.26. The Hall–Kier alpha value is -0.540. The maximum Gasteiger partial charge on any atom is 0.133 e. The van der Waals surface area contributed by atoms with E-state index < -0.39 is 0 Å². The van der Waals surface area contributed by atoms with Gasteiger partial charge in [0.1, 0.15) is 5.75 Å². The Morgan fingerprint density at radius 1 is 1.50 bits per heavy atom. The SMILES string of the molecule is COc1ccc(CC[C@@H](C)N)cc1Br. The largest absolute Gasteiger partial charge is 0.496 e. The molecule has 0 unspecified atom stereocenters. The van der Waals surface area contributed by atoms with Crippen molar-refractivity contribution in [1.29, 1.82) is 0 Å². The van der Waals surface area contributed by atoms with E-state index >= 15 is 0 Å². The fourth-order valence-corrected chi connectivity index (χ4v) is 1.85. The van der Waals surface area contributed by atoms with Gasteiger partial charge in [0, 0.05) is 6.04 Å². The Labute approximate surface area is 93.6 Å². The molecule has 1 rings (SSSR count). The van der Waals surface area contributed by atoms with E-state index in [2.05, 4.69) is 28.1 Å². The van der Waals surface area contributed by atoms with Crippen LogP contribution < -0.4 is 10.5 Å². The molecule has 0 radical (unpaired) electrons. The maximum atomic E-state index is 5.70. The van der Waals surface area contributed by atoms with Gasteiger partial charge in [-0.15, -0.1) is 0 Å². The fraction of sp³-hybridized carbons (Fsp3) is 0.455. The van der Waals surface area contributed by atoms with Crippen molar-refractivity contribution in [1.82, 2.24) is 0 Å². The van der Waals surface area contributed by atoms with Crippen molar-refractivity contribution in [3.8, 4) is 5.75 Å². The molecule has 0 aliphatic heterocycles. The third kappa shape index (κ3) is 3.31. The van der Waals surface area contributed by atoms with E-state index in [1.165, 1.54) is 5.56 Å². The van der Waals surface area contributed by atoms with Crippen LogP contribution in [0.5, 0.6) is 5.75 Å². The molecule has 78 valence electrons. The minimum atomic E-state index is 0.260. The molecule has 1 atom stereocenters. The third-order valence-electron chi connectivity index (χ3n) is 2.10. The van der Waals surface area contributed by atoms with Crippen LogP contribution in [-0.4, -0.2) is 13.2 Å². The summed E-state index contributed by atoms with van der Waals surface area (Å²) in [6.07, 6.45) is 2.03. The Bertz CT molecular complexity index is 299. The first-order chi connectivity index (χ1) is 6.63. The maximum absolute atomic E-state index is 5.70. The molecule has 3 heteroatoms. The van der Waals surface area contributed by atoms with Gasteiger partial charge < -0.3 is 10.5 Å². The zero-order valence-corrected chi connectivity index (χ0v) is 10.2. The minimum Gasteiger partial charge on any atom is -0.496 e. The molecule has 14 heavy (non-hydrogen) atoms. The smallest absolute Gasteiger partial charge is 0.133 e. The van der Waals surface area contributed by atoms with Crippen LogP contribution in [0.3, 0.4) is 0 Å². The van der Waals surface area contributed by atoms with Gasteiger partial charge in [-0.2, -0.15) is 0 Å². The monoisotopic (exact) mass is 257 g/mol. The molecule has 1 aromatic carbocycles. The second-order valence-corrected chi connectivity index (χ2v) is 4.34. The minimum absolute atomic E-state index is 0.260. The van der Waals surface area contributed by atoms with Gasteiger partial charge in [-0.25, -0.2) is 0 Å². The van der Waals surface area contributed by atoms with Crippen LogP contribution in [0.15, 0.2) is 22.7 Å². The molecule has 0 aliphatic carbocycles. The Morgan fingerprint density at radius 2 is 2.21 bits per heavy atom. The van der Waals surface area contributed by atoms with Crippen molar-refractivity contribution in [2.45, 2.75) is 25.8 Å². The zero-order valence-electron chi connectivity index (χ0n) is 8.59. The molecule has 0 saturated carbocycles. The number of aryl methyl sites for hydroxylation is 1. The number of benzene rings is 1. The molecule has 1 aromatic rings. The van der Waals surface area contributed by atoms with Crippen LogP contribution in [0, 0.1) is 0 Å². The molecule has 2 nitrogen and oxygen atoms in total. The number of ether oxygens (including phenoxy) is 1. The summed E-state index contributed by atoms with van der Waals surface area (Å²) in [6, 6.07) is 6.39. The van der Waals surface area contributed by atoms with E-state index in [1.54, 1.807) is 7.11 Å². The van der Waals surface area contributed by atoms with Crippen LogP contribution in [-0.2, 0) is 6.42 Å². The van der Waals surface area contributed by atoms with Crippen molar-refractivity contribution in [2.75, 3.05) is 7.11 Å². The van der Waals surface area contributed by atoms with Gasteiger partial charge in [-0.1, -0.05) is 6.07 Å². The van der Waals surface area contributed by atoms with Gasteiger partial charge in [0.05, 0.1) is 11.6 Å². The molecule has 0 bridgehead atoms. The molecule has 0 fully saturated rings. The second-order valence-electron chi connectivity index (χ2n) is 3.48. The van der Waals surface area contributed by atoms with Crippen molar-refractivity contribution < 1.29 is 4.74 Å². The lowest BCUT2D eigenvalue weighted by molar-refractivity contribution is 0.412. The highest BCUT2D eigenvalue weighted by molar-refractivity contribution is 9.10. The molecule has 0 spiro atoms. The molecule has 0 saturated heterocycles. The molecule has 0 aliphatic rings. The van der Waals surface area contributed by atoms with Crippen LogP contribution in [0.25, 0.3) is 0 Å². The van der Waals surface area contributed by atoms with E-state index in [-0.39, 0.29) is 6.04 Å². The highest BCUT2D eigenvalue weighted by Crippen LogP contribution is 2.25. The average Bonchev–Trinajstić information content (AvgIpc) is 2.15. The standard InChI is InChI=1S/C11H16BrNO/c1-8(13)3-4-9-5-6-11(14-2)10(12)7-9/h5-8H,3-4,13H2,1-2H3/t8-/m1/s1. The first-order valence-corrected chi connectivity index (χ1v) is 5.50. The molecule has 0 aromatic heterocycles. The summed E-state index contributed by atoms with van der Waals surface area (Å²) in [5.74, 6) is 0.870. The quantitative estimate of drug-likeness (QED) is 0.901. The average molecular weight is 258 g/mol. The summed E-state index contributed by atoms with van der Waals surface area (Å²) < 4.78 is 6.16. The molecule has 2 N–H and O–H groups in total. The zero-order chi connectivity index (χ0) is 10.6. The lowest BCUT2D eigenvalue weighted by Gasteiger charge is -2.07. The first kappa shape index (κ1) is 11.5. The van der Waals surface area contributed by atoms with Gasteiger partial charge in [0.25, 0.3) is 0 Å². The highest BCUT2D eigenvalue weighted by Gasteiger charge is 2.02. The number of methoxy groups -OCH3 is 1. The summed E-state index contributed by atoms with van der Waals surface area (Å²) in [7, 11) is 1.67. The number of hydrogen-bond donors (Lipinski definition) is 1. The summed E-state index contributed by atoms with van der Waals surface area (Å²) in [4.78, 5) is 0. The number of rotatable bonds is 4. The Kier molecular flexibility index (Phi) is 4.42. The van der Waals surface area contributed by atoms with Gasteiger partial charge in [0.15, 0.2) is 0 Å². The Balaban J connectivity index is 2.66. The predicted octanol–water partition coefficient (Wildman–Crippen LogP) is 2.74. The number of nitrogens with two attached hydrogens (primary N) is 1. The third-order valence-corrected chi connectivity index (χ3v) is 2.72. The number of hydrogen-bond acceptors (Lipinski definition) is 2. The van der Waals surface area contributed by atoms with E-state index in [4.69, 9.17) is 10.5 Å². The lowest BCUT2D eigenvalue weighted by Crippen LogP contribution is -2.15. The van der Waals surface area contributed by atoms with Crippen LogP contribution >= 0.6 is 15.9 Å². The summed E-state index contributed by atoms with van der Waals surface area (Å²) in [6.45, 7) is 2.03. The first-order valence-electron chi connectivity index (χ1n) is 4.71. The van der Waals surface area contributed by atoms with Crippen LogP contribution in [0.1, 0.15) is 18.9 Å². The van der Waals surface area contributed by atoms with E-state index in [1.807, 2.05) is 13.0 Å². The van der Waals surface area contributed by atoms with Crippen molar-refractivity contribution in [3.05, 3.63) is 28.2 Å². The van der Waals surface area contributed by atoms with E-state index in [0.717, 1.165) is 23.1 Å². The lowest BCUT2D eigenvalue weighted by atomic mass is 10.1. The summed E-state index contributed by atoms with van der Waals surface area (Å²) in [5.41, 5.74) is 6.98. The number of halogens is 1. The van der Waals surface area contributed by atoms with E-state index in [0.29, 0.717) is 0 Å². The normalized spacial score (nSPS) is 12.6. The Morgan fingerprint density at radius 3 is 2.71 bits per heavy atom. The second kappa shape index (κ2) is 5.37. The highest BCUT2D eigenvalue weighted by atomic mass is 79.9. The topological polar surface area (TPSA) is 35.2 Å². The predicted molar refractivity (Wildman–Crippen MR) is 62.7 cm³/mol. The molecule has 0 heterocycles. The van der Waals surface area contributed by atoms with Crippen molar-refractivity contribution in [2.24, 2.45) is 5.73 Å². The van der Waals surface area contributed by atoms with Gasteiger partial charge in [0.2, 0.25) is 0 Å². The van der Waals surface area contributed by atoms with Gasteiger partial charge >= 0.3 is 0 Å². The van der Waals surface area contributed by atoms with Crippen molar-refractivity contribution >= 4 is 15.9 Å². The molecular formula is C11H16BrNO. The van der Waals surface area contributed by atoms with Crippen LogP contribution in [0.4, 0.5) is 0 Å². The van der Waals surface area contributed by atoms with Gasteiger partial charge in [-0.3, -0.25) is 0 Å². The van der Waals surface area contributed by atoms with Crippen LogP contribution in [0.2, 0.25) is 0 Å². The van der Waals surface area contributed by atoms with Crippen molar-refractivity contribution in [3.63, 3.8) is 0 Å².